The van der Waals surface area contributed by atoms with Crippen molar-refractivity contribution in [3.63, 3.8) is 0 Å². The average Bonchev–Trinajstić information content (AvgIpc) is 2.53. The van der Waals surface area contributed by atoms with Gasteiger partial charge in [0.1, 0.15) is 0 Å². The third kappa shape index (κ3) is 1.95. The Morgan fingerprint density at radius 3 is 2.36 bits per heavy atom. The van der Waals surface area contributed by atoms with Crippen LogP contribution in [0.4, 0.5) is 0 Å². The van der Waals surface area contributed by atoms with Crippen LogP contribution in [0, 0.1) is 0 Å². The Kier molecular flexibility index (Phi) is 2.92. The summed E-state index contributed by atoms with van der Waals surface area (Å²) >= 11 is 0. The summed E-state index contributed by atoms with van der Waals surface area (Å²) in [5.41, 5.74) is 4.49. The molecular formula is C11H18. The van der Waals surface area contributed by atoms with Gasteiger partial charge in [0.15, 0.2) is 0 Å². The number of hydrogen-bond donors (Lipinski definition) is 0. The lowest BCUT2D eigenvalue weighted by atomic mass is 10.0. The fourth-order valence-electron chi connectivity index (χ4n) is 1.69. The summed E-state index contributed by atoms with van der Waals surface area (Å²) < 4.78 is 0. The smallest absolute Gasteiger partial charge is 0.0311 e. The zero-order chi connectivity index (χ0) is 8.27. The van der Waals surface area contributed by atoms with Gasteiger partial charge in [0.2, 0.25) is 0 Å². The lowest BCUT2D eigenvalue weighted by Crippen LogP contribution is -1.86. The van der Waals surface area contributed by atoms with Crippen molar-refractivity contribution in [3.05, 3.63) is 23.3 Å². The predicted molar refractivity (Wildman–Crippen MR) is 50.6 cm³/mol. The molecule has 62 valence electrons. The number of hydrogen-bond acceptors (Lipinski definition) is 0. The van der Waals surface area contributed by atoms with Crippen LogP contribution in [-0.4, -0.2) is 0 Å². The molecule has 0 N–H and O–H groups in total. The van der Waals surface area contributed by atoms with Gasteiger partial charge < -0.3 is 0 Å². The summed E-state index contributed by atoms with van der Waals surface area (Å²) in [6, 6.07) is 0. The van der Waals surface area contributed by atoms with E-state index >= 15 is 0 Å². The van der Waals surface area contributed by atoms with E-state index in [0.717, 1.165) is 6.42 Å². The molecule has 0 amide bonds. The van der Waals surface area contributed by atoms with Crippen molar-refractivity contribution in [1.82, 2.24) is 0 Å². The molecule has 1 aliphatic carbocycles. The standard InChI is InChI=1S/C11H18/c1-4-9(2)10(3)11-7-5-6-8-11/h2,4-8H2,1,3H3. The lowest BCUT2D eigenvalue weighted by Gasteiger charge is -2.06. The first-order valence-corrected chi connectivity index (χ1v) is 4.62. The fourth-order valence-corrected chi connectivity index (χ4v) is 1.69. The Bertz CT molecular complexity index is 176. The second-order valence-corrected chi connectivity index (χ2v) is 3.39. The van der Waals surface area contributed by atoms with Crippen LogP contribution >= 0.6 is 0 Å². The maximum Gasteiger partial charge on any atom is -0.0311 e. The van der Waals surface area contributed by atoms with Gasteiger partial charge in [-0.1, -0.05) is 24.6 Å². The van der Waals surface area contributed by atoms with Crippen molar-refractivity contribution in [3.8, 4) is 0 Å². The molecule has 0 heterocycles. The van der Waals surface area contributed by atoms with E-state index in [1.54, 1.807) is 5.57 Å². The summed E-state index contributed by atoms with van der Waals surface area (Å²) in [6.07, 6.45) is 6.54. The van der Waals surface area contributed by atoms with E-state index in [1.165, 1.54) is 36.8 Å². The molecule has 1 fully saturated rings. The zero-order valence-corrected chi connectivity index (χ0v) is 7.74. The predicted octanol–water partition coefficient (Wildman–Crippen LogP) is 3.84. The molecule has 1 saturated carbocycles. The van der Waals surface area contributed by atoms with Crippen molar-refractivity contribution in [2.75, 3.05) is 0 Å². The van der Waals surface area contributed by atoms with E-state index in [1.807, 2.05) is 0 Å². The molecule has 1 aliphatic rings. The van der Waals surface area contributed by atoms with E-state index < -0.39 is 0 Å². The molecule has 0 atom stereocenters. The van der Waals surface area contributed by atoms with Gasteiger partial charge in [-0.3, -0.25) is 0 Å². The van der Waals surface area contributed by atoms with Crippen LogP contribution in [0.5, 0.6) is 0 Å². The normalized spacial score (nSPS) is 17.1. The van der Waals surface area contributed by atoms with Crippen LogP contribution in [0.25, 0.3) is 0 Å². The van der Waals surface area contributed by atoms with Gasteiger partial charge in [-0.2, -0.15) is 0 Å². The van der Waals surface area contributed by atoms with Crippen LogP contribution in [0.2, 0.25) is 0 Å². The van der Waals surface area contributed by atoms with Gasteiger partial charge in [-0.25, -0.2) is 0 Å². The van der Waals surface area contributed by atoms with Crippen LogP contribution in [0.1, 0.15) is 46.0 Å². The first-order chi connectivity index (χ1) is 5.25. The van der Waals surface area contributed by atoms with Crippen molar-refractivity contribution in [2.45, 2.75) is 46.0 Å². The minimum Gasteiger partial charge on any atom is -0.0956 e. The van der Waals surface area contributed by atoms with Gasteiger partial charge in [-0.15, -0.1) is 0 Å². The molecule has 11 heavy (non-hydrogen) atoms. The number of rotatable bonds is 2. The first-order valence-electron chi connectivity index (χ1n) is 4.62. The summed E-state index contributed by atoms with van der Waals surface area (Å²) in [5.74, 6) is 0. The summed E-state index contributed by atoms with van der Waals surface area (Å²) in [6.45, 7) is 8.47. The highest BCUT2D eigenvalue weighted by Crippen LogP contribution is 2.29. The third-order valence-corrected chi connectivity index (χ3v) is 2.69. The molecular weight excluding hydrogens is 132 g/mol. The Labute approximate surface area is 70.0 Å². The molecule has 0 aromatic rings. The first kappa shape index (κ1) is 8.58. The summed E-state index contributed by atoms with van der Waals surface area (Å²) in [7, 11) is 0. The van der Waals surface area contributed by atoms with E-state index in [4.69, 9.17) is 0 Å². The second kappa shape index (κ2) is 3.75. The Balaban J connectivity index is 2.69. The van der Waals surface area contributed by atoms with Crippen LogP contribution < -0.4 is 0 Å². The zero-order valence-electron chi connectivity index (χ0n) is 7.74. The minimum absolute atomic E-state index is 1.11. The monoisotopic (exact) mass is 150 g/mol. The second-order valence-electron chi connectivity index (χ2n) is 3.39. The van der Waals surface area contributed by atoms with E-state index in [0.29, 0.717) is 0 Å². The third-order valence-electron chi connectivity index (χ3n) is 2.69. The Morgan fingerprint density at radius 2 is 1.91 bits per heavy atom. The lowest BCUT2D eigenvalue weighted by molar-refractivity contribution is 0.886. The van der Waals surface area contributed by atoms with E-state index in [9.17, 15) is 0 Å². The largest absolute Gasteiger partial charge is 0.0956 e. The van der Waals surface area contributed by atoms with Crippen LogP contribution in [0.3, 0.4) is 0 Å². The average molecular weight is 150 g/mol. The van der Waals surface area contributed by atoms with Crippen molar-refractivity contribution >= 4 is 0 Å². The molecule has 0 nitrogen and oxygen atoms in total. The molecule has 0 aromatic heterocycles. The molecule has 0 unspecified atom stereocenters. The highest BCUT2D eigenvalue weighted by atomic mass is 14.2. The molecule has 1 rings (SSSR count). The van der Waals surface area contributed by atoms with Crippen molar-refractivity contribution in [1.29, 1.82) is 0 Å². The topological polar surface area (TPSA) is 0 Å². The highest BCUT2D eigenvalue weighted by molar-refractivity contribution is 5.32. The van der Waals surface area contributed by atoms with Gasteiger partial charge in [-0.05, 0) is 44.6 Å². The Morgan fingerprint density at radius 1 is 1.36 bits per heavy atom. The highest BCUT2D eigenvalue weighted by Gasteiger charge is 2.10. The fraction of sp³-hybridized carbons (Fsp3) is 0.636. The van der Waals surface area contributed by atoms with Gasteiger partial charge in [0, 0.05) is 0 Å². The van der Waals surface area contributed by atoms with Gasteiger partial charge >= 0.3 is 0 Å². The Hall–Kier alpha value is -0.520. The van der Waals surface area contributed by atoms with Gasteiger partial charge in [0.25, 0.3) is 0 Å². The van der Waals surface area contributed by atoms with E-state index in [-0.39, 0.29) is 0 Å². The number of allylic oxidation sites excluding steroid dienone is 3. The molecule has 0 aromatic carbocycles. The van der Waals surface area contributed by atoms with Crippen LogP contribution in [-0.2, 0) is 0 Å². The van der Waals surface area contributed by atoms with Crippen molar-refractivity contribution in [2.24, 2.45) is 0 Å². The summed E-state index contributed by atoms with van der Waals surface area (Å²) in [4.78, 5) is 0. The maximum absolute atomic E-state index is 4.06. The molecule has 0 bridgehead atoms. The quantitative estimate of drug-likeness (QED) is 0.561. The SMILES string of the molecule is C=C(CC)C(C)=C1CCCC1. The van der Waals surface area contributed by atoms with Gasteiger partial charge in [0.05, 0.1) is 0 Å². The molecule has 0 saturated heterocycles. The molecule has 0 aliphatic heterocycles. The molecule has 0 spiro atoms. The summed E-state index contributed by atoms with van der Waals surface area (Å²) in [5, 5.41) is 0. The van der Waals surface area contributed by atoms with Crippen LogP contribution in [0.15, 0.2) is 23.3 Å². The molecule has 0 heteroatoms. The van der Waals surface area contributed by atoms with E-state index in [2.05, 4.69) is 20.4 Å². The molecule has 0 radical (unpaired) electrons. The minimum atomic E-state index is 1.11. The maximum atomic E-state index is 4.06. The van der Waals surface area contributed by atoms with Crippen molar-refractivity contribution < 1.29 is 0 Å².